The number of thiophene rings is 1. The lowest BCUT2D eigenvalue weighted by Gasteiger charge is -2.28. The van der Waals surface area contributed by atoms with Gasteiger partial charge in [0.15, 0.2) is 0 Å². The molecule has 128 valence electrons. The van der Waals surface area contributed by atoms with Gasteiger partial charge in [0.25, 0.3) is 0 Å². The Labute approximate surface area is 149 Å². The number of benzene rings is 1. The average Bonchev–Trinajstić information content (AvgIpc) is 3.23. The van der Waals surface area contributed by atoms with Crippen LogP contribution in [0.3, 0.4) is 0 Å². The first kappa shape index (κ1) is 16.3. The van der Waals surface area contributed by atoms with Gasteiger partial charge < -0.3 is 4.74 Å². The van der Waals surface area contributed by atoms with Crippen molar-refractivity contribution in [2.24, 2.45) is 5.92 Å². The number of rotatable bonds is 7. The Morgan fingerprint density at radius 2 is 1.92 bits per heavy atom. The summed E-state index contributed by atoms with van der Waals surface area (Å²) in [6.45, 7) is 5.39. The molecule has 1 aliphatic heterocycles. The molecule has 2 aliphatic rings. The van der Waals surface area contributed by atoms with Gasteiger partial charge in [-0.2, -0.15) is 0 Å². The van der Waals surface area contributed by atoms with E-state index in [9.17, 15) is 0 Å². The number of aryl methyl sites for hydroxylation is 1. The molecule has 1 saturated carbocycles. The Kier molecular flexibility index (Phi) is 5.02. The molecule has 4 rings (SSSR count). The normalized spacial score (nSPS) is 24.5. The smallest absolute Gasteiger partial charge is 0.0745 e. The lowest BCUT2D eigenvalue weighted by Crippen LogP contribution is -2.38. The van der Waals surface area contributed by atoms with Gasteiger partial charge in [0.05, 0.1) is 6.10 Å². The third-order valence-corrected chi connectivity index (χ3v) is 6.27. The molecule has 2 aromatic rings. The van der Waals surface area contributed by atoms with E-state index >= 15 is 0 Å². The number of likely N-dealkylation sites (tertiary alicyclic amines) is 1. The fraction of sp³-hybridized carbons (Fsp3) is 0.524. The highest BCUT2D eigenvalue weighted by molar-refractivity contribution is 7.11. The quantitative estimate of drug-likeness (QED) is 0.726. The van der Waals surface area contributed by atoms with Gasteiger partial charge in [0.2, 0.25) is 0 Å². The molecule has 1 aromatic heterocycles. The van der Waals surface area contributed by atoms with Crippen molar-refractivity contribution in [3.63, 3.8) is 0 Å². The zero-order valence-electron chi connectivity index (χ0n) is 14.5. The minimum absolute atomic E-state index is 0.395. The number of hydrogen-bond donors (Lipinski definition) is 0. The molecule has 2 nitrogen and oxygen atoms in total. The maximum atomic E-state index is 6.35. The summed E-state index contributed by atoms with van der Waals surface area (Å²) in [5.74, 6) is 0.844. The number of ether oxygens (including phenoxy) is 1. The van der Waals surface area contributed by atoms with Gasteiger partial charge >= 0.3 is 0 Å². The summed E-state index contributed by atoms with van der Waals surface area (Å²) in [4.78, 5) is 5.54. The molecule has 1 saturated heterocycles. The van der Waals surface area contributed by atoms with Crippen LogP contribution in [-0.2, 0) is 17.7 Å². The van der Waals surface area contributed by atoms with Crippen molar-refractivity contribution in [2.75, 3.05) is 13.2 Å². The topological polar surface area (TPSA) is 12.5 Å². The minimum Gasteiger partial charge on any atom is -0.376 e. The predicted molar refractivity (Wildman–Crippen MR) is 100 cm³/mol. The molecule has 2 fully saturated rings. The van der Waals surface area contributed by atoms with Crippen LogP contribution in [0.5, 0.6) is 0 Å². The maximum Gasteiger partial charge on any atom is 0.0745 e. The zero-order chi connectivity index (χ0) is 16.4. The van der Waals surface area contributed by atoms with E-state index in [0.29, 0.717) is 12.1 Å². The number of nitrogens with zero attached hydrogens (tertiary/aromatic N) is 1. The first-order valence-electron chi connectivity index (χ1n) is 9.23. The minimum atomic E-state index is 0.395. The van der Waals surface area contributed by atoms with Crippen molar-refractivity contribution in [2.45, 2.75) is 51.3 Å². The highest BCUT2D eigenvalue weighted by Gasteiger charge is 2.36. The van der Waals surface area contributed by atoms with Crippen LogP contribution < -0.4 is 0 Å². The van der Waals surface area contributed by atoms with Gasteiger partial charge in [-0.25, -0.2) is 0 Å². The van der Waals surface area contributed by atoms with Crippen molar-refractivity contribution in [3.05, 3.63) is 57.8 Å². The molecule has 24 heavy (non-hydrogen) atoms. The highest BCUT2D eigenvalue weighted by Crippen LogP contribution is 2.32. The molecular weight excluding hydrogens is 314 g/mol. The third kappa shape index (κ3) is 4.08. The first-order chi connectivity index (χ1) is 11.8. The summed E-state index contributed by atoms with van der Waals surface area (Å²) in [6, 6.07) is 15.9. The molecule has 0 bridgehead atoms. The van der Waals surface area contributed by atoms with E-state index in [-0.39, 0.29) is 0 Å². The third-order valence-electron chi connectivity index (χ3n) is 5.28. The zero-order valence-corrected chi connectivity index (χ0v) is 15.3. The molecule has 3 heteroatoms. The predicted octanol–water partition coefficient (Wildman–Crippen LogP) is 4.67. The second-order valence-electron chi connectivity index (χ2n) is 7.34. The Balaban J connectivity index is 1.46. The van der Waals surface area contributed by atoms with E-state index in [0.717, 1.165) is 32.0 Å². The fourth-order valence-corrected chi connectivity index (χ4v) is 4.62. The Morgan fingerprint density at radius 1 is 1.08 bits per heavy atom. The van der Waals surface area contributed by atoms with Crippen LogP contribution in [-0.4, -0.2) is 30.2 Å². The number of hydrogen-bond acceptors (Lipinski definition) is 3. The molecule has 2 atom stereocenters. The monoisotopic (exact) mass is 341 g/mol. The molecule has 1 aromatic carbocycles. The van der Waals surface area contributed by atoms with Crippen LogP contribution in [0.1, 0.15) is 34.6 Å². The summed E-state index contributed by atoms with van der Waals surface area (Å²) in [5, 5.41) is 0. The summed E-state index contributed by atoms with van der Waals surface area (Å²) >= 11 is 1.93. The van der Waals surface area contributed by atoms with Crippen molar-refractivity contribution in [3.8, 4) is 0 Å². The summed E-state index contributed by atoms with van der Waals surface area (Å²) in [5.41, 5.74) is 1.43. The van der Waals surface area contributed by atoms with E-state index in [2.05, 4.69) is 54.3 Å². The van der Waals surface area contributed by atoms with E-state index in [1.54, 1.807) is 0 Å². The average molecular weight is 342 g/mol. The van der Waals surface area contributed by atoms with Gasteiger partial charge in [0.1, 0.15) is 0 Å². The van der Waals surface area contributed by atoms with Crippen LogP contribution >= 0.6 is 11.3 Å². The lowest BCUT2D eigenvalue weighted by molar-refractivity contribution is 0.0198. The van der Waals surface area contributed by atoms with Crippen molar-refractivity contribution in [1.82, 2.24) is 4.90 Å². The summed E-state index contributed by atoms with van der Waals surface area (Å²) in [7, 11) is 0. The van der Waals surface area contributed by atoms with Gasteiger partial charge in [-0.05, 0) is 56.2 Å². The van der Waals surface area contributed by atoms with Crippen molar-refractivity contribution >= 4 is 11.3 Å². The molecule has 0 radical (unpaired) electrons. The van der Waals surface area contributed by atoms with E-state index in [1.165, 1.54) is 34.6 Å². The Morgan fingerprint density at radius 3 is 2.62 bits per heavy atom. The second kappa shape index (κ2) is 7.38. The molecule has 0 amide bonds. The Bertz CT molecular complexity index is 649. The fourth-order valence-electron chi connectivity index (χ4n) is 3.71. The standard InChI is InChI=1S/C21H27NOS/c1-16-7-10-19(24-16)14-22-12-11-21(23-15-18-8-9-18)20(22)13-17-5-3-2-4-6-17/h2-7,10,18,20-21H,8-9,11-15H2,1H3/t20-,21+/m0/s1. The van der Waals surface area contributed by atoms with Crippen molar-refractivity contribution in [1.29, 1.82) is 0 Å². The van der Waals surface area contributed by atoms with Gasteiger partial charge in [0, 0.05) is 35.5 Å². The van der Waals surface area contributed by atoms with E-state index < -0.39 is 0 Å². The van der Waals surface area contributed by atoms with Gasteiger partial charge in [-0.3, -0.25) is 4.90 Å². The SMILES string of the molecule is Cc1ccc(CN2CC[C@@H](OCC3CC3)[C@@H]2Cc2ccccc2)s1. The Hall–Kier alpha value is -1.16. The first-order valence-corrected chi connectivity index (χ1v) is 10.0. The van der Waals surface area contributed by atoms with E-state index in [1.807, 2.05) is 11.3 Å². The molecule has 0 unspecified atom stereocenters. The van der Waals surface area contributed by atoms with Gasteiger partial charge in [-0.1, -0.05) is 30.3 Å². The summed E-state index contributed by atoms with van der Waals surface area (Å²) < 4.78 is 6.35. The van der Waals surface area contributed by atoms with E-state index in [4.69, 9.17) is 4.74 Å². The molecule has 2 heterocycles. The van der Waals surface area contributed by atoms with Crippen LogP contribution in [0.25, 0.3) is 0 Å². The van der Waals surface area contributed by atoms with Crippen molar-refractivity contribution < 1.29 is 4.74 Å². The van der Waals surface area contributed by atoms with Crippen LogP contribution in [0, 0.1) is 12.8 Å². The molecule has 1 aliphatic carbocycles. The largest absolute Gasteiger partial charge is 0.376 e. The van der Waals surface area contributed by atoms with Gasteiger partial charge in [-0.15, -0.1) is 11.3 Å². The van der Waals surface area contributed by atoms with Crippen LogP contribution in [0.2, 0.25) is 0 Å². The molecular formula is C21H27NOS. The molecule has 0 N–H and O–H groups in total. The maximum absolute atomic E-state index is 6.35. The summed E-state index contributed by atoms with van der Waals surface area (Å²) in [6.07, 6.45) is 5.41. The lowest BCUT2D eigenvalue weighted by atomic mass is 10.0. The van der Waals surface area contributed by atoms with Crippen LogP contribution in [0.4, 0.5) is 0 Å². The second-order valence-corrected chi connectivity index (χ2v) is 8.72. The molecule has 0 spiro atoms. The highest BCUT2D eigenvalue weighted by atomic mass is 32.1. The van der Waals surface area contributed by atoms with Crippen LogP contribution in [0.15, 0.2) is 42.5 Å².